The third kappa shape index (κ3) is 4.25. The van der Waals surface area contributed by atoms with E-state index in [0.29, 0.717) is 11.3 Å². The van der Waals surface area contributed by atoms with Gasteiger partial charge < -0.3 is 19.3 Å². The third-order valence-corrected chi connectivity index (χ3v) is 2.02. The summed E-state index contributed by atoms with van der Waals surface area (Å²) >= 11 is 0. The van der Waals surface area contributed by atoms with E-state index >= 15 is 0 Å². The van der Waals surface area contributed by atoms with Gasteiger partial charge in [0, 0.05) is 5.56 Å². The van der Waals surface area contributed by atoms with E-state index in [1.165, 1.54) is 7.11 Å². The Labute approximate surface area is 106 Å². The molecule has 0 aliphatic carbocycles. The number of methoxy groups -OCH3 is 1. The quantitative estimate of drug-likeness (QED) is 0.663. The van der Waals surface area contributed by atoms with E-state index < -0.39 is 11.8 Å². The molecule has 0 bridgehead atoms. The molecule has 0 heterocycles. The van der Waals surface area contributed by atoms with Crippen LogP contribution in [0.5, 0.6) is 11.5 Å². The first-order valence-electron chi connectivity index (χ1n) is 5.54. The Morgan fingerprint density at radius 2 is 2.00 bits per heavy atom. The van der Waals surface area contributed by atoms with Crippen LogP contribution in [0.3, 0.4) is 0 Å². The first-order chi connectivity index (χ1) is 8.35. The molecule has 1 N–H and O–H groups in total. The number of hydrogen-bond acceptors (Lipinski definition) is 5. The van der Waals surface area contributed by atoms with E-state index in [4.69, 9.17) is 14.2 Å². The molecule has 0 radical (unpaired) electrons. The van der Waals surface area contributed by atoms with Crippen LogP contribution in [-0.2, 0) is 11.3 Å². The van der Waals surface area contributed by atoms with Gasteiger partial charge in [-0.25, -0.2) is 4.79 Å². The second-order valence-electron chi connectivity index (χ2n) is 4.70. The van der Waals surface area contributed by atoms with Crippen molar-refractivity contribution in [1.82, 2.24) is 0 Å². The predicted molar refractivity (Wildman–Crippen MR) is 65.8 cm³/mol. The summed E-state index contributed by atoms with van der Waals surface area (Å²) in [6.45, 7) is 4.98. The van der Waals surface area contributed by atoms with Crippen LogP contribution in [0.1, 0.15) is 26.3 Å². The van der Waals surface area contributed by atoms with Crippen LogP contribution in [0.25, 0.3) is 0 Å². The zero-order valence-electron chi connectivity index (χ0n) is 11.0. The molecule has 0 unspecified atom stereocenters. The Hall–Kier alpha value is -1.75. The van der Waals surface area contributed by atoms with Crippen LogP contribution < -0.4 is 9.47 Å². The van der Waals surface area contributed by atoms with E-state index in [-0.39, 0.29) is 12.4 Å². The minimum Gasteiger partial charge on any atom is -0.497 e. The molecule has 0 spiro atoms. The second kappa shape index (κ2) is 5.73. The molecule has 5 heteroatoms. The van der Waals surface area contributed by atoms with Crippen molar-refractivity contribution >= 4 is 6.16 Å². The summed E-state index contributed by atoms with van der Waals surface area (Å²) in [6, 6.07) is 4.78. The average Bonchev–Trinajstić information content (AvgIpc) is 2.27. The van der Waals surface area contributed by atoms with E-state index in [9.17, 15) is 9.90 Å². The maximum atomic E-state index is 11.5. The third-order valence-electron chi connectivity index (χ3n) is 2.02. The monoisotopic (exact) mass is 254 g/mol. The molecule has 0 fully saturated rings. The van der Waals surface area contributed by atoms with Gasteiger partial charge in [0.2, 0.25) is 0 Å². The van der Waals surface area contributed by atoms with E-state index in [2.05, 4.69) is 0 Å². The fourth-order valence-corrected chi connectivity index (χ4v) is 1.27. The van der Waals surface area contributed by atoms with Gasteiger partial charge in [-0.15, -0.1) is 0 Å². The molecular weight excluding hydrogens is 236 g/mol. The molecule has 18 heavy (non-hydrogen) atoms. The van der Waals surface area contributed by atoms with Crippen molar-refractivity contribution in [1.29, 1.82) is 0 Å². The first-order valence-corrected chi connectivity index (χ1v) is 5.54. The minimum atomic E-state index is -0.803. The van der Waals surface area contributed by atoms with Gasteiger partial charge in [-0.2, -0.15) is 0 Å². The SMILES string of the molecule is COc1ccc(OC(=O)OC(C)(C)C)c(CO)c1. The van der Waals surface area contributed by atoms with E-state index in [0.717, 1.165) is 0 Å². The lowest BCUT2D eigenvalue weighted by atomic mass is 10.2. The molecule has 0 saturated heterocycles. The summed E-state index contributed by atoms with van der Waals surface area (Å²) in [6.07, 6.45) is -0.803. The molecule has 0 saturated carbocycles. The summed E-state index contributed by atoms with van der Waals surface area (Å²) in [5.41, 5.74) is -0.164. The Morgan fingerprint density at radius 1 is 1.33 bits per heavy atom. The zero-order chi connectivity index (χ0) is 13.8. The summed E-state index contributed by atoms with van der Waals surface area (Å²) < 4.78 is 15.1. The predicted octanol–water partition coefficient (Wildman–Crippen LogP) is 2.50. The lowest BCUT2D eigenvalue weighted by molar-refractivity contribution is 0.0202. The second-order valence-corrected chi connectivity index (χ2v) is 4.70. The lowest BCUT2D eigenvalue weighted by Crippen LogP contribution is -2.26. The van der Waals surface area contributed by atoms with Crippen molar-refractivity contribution in [3.63, 3.8) is 0 Å². The number of aliphatic hydroxyl groups is 1. The number of carbonyl (C=O) groups is 1. The molecule has 100 valence electrons. The highest BCUT2D eigenvalue weighted by molar-refractivity contribution is 5.65. The molecule has 0 atom stereocenters. The van der Waals surface area contributed by atoms with Gasteiger partial charge in [0.25, 0.3) is 0 Å². The number of rotatable bonds is 3. The van der Waals surface area contributed by atoms with Crippen molar-refractivity contribution in [2.75, 3.05) is 7.11 Å². The van der Waals surface area contributed by atoms with Crippen LogP contribution in [0, 0.1) is 0 Å². The maximum absolute atomic E-state index is 11.5. The first kappa shape index (κ1) is 14.3. The molecular formula is C13H18O5. The Bertz CT molecular complexity index is 420. The molecule has 0 aromatic heterocycles. The molecule has 1 aromatic rings. The van der Waals surface area contributed by atoms with Gasteiger partial charge in [-0.05, 0) is 39.0 Å². The van der Waals surface area contributed by atoms with Crippen molar-refractivity contribution < 1.29 is 24.1 Å². The van der Waals surface area contributed by atoms with Crippen LogP contribution in [0.2, 0.25) is 0 Å². The number of carbonyl (C=O) groups excluding carboxylic acids is 1. The summed E-state index contributed by atoms with van der Waals surface area (Å²) in [7, 11) is 1.52. The smallest absolute Gasteiger partial charge is 0.497 e. The Kier molecular flexibility index (Phi) is 4.55. The normalized spacial score (nSPS) is 10.9. The highest BCUT2D eigenvalue weighted by Gasteiger charge is 2.19. The molecule has 5 nitrogen and oxygen atoms in total. The van der Waals surface area contributed by atoms with Gasteiger partial charge >= 0.3 is 6.16 Å². The highest BCUT2D eigenvalue weighted by atomic mass is 16.7. The van der Waals surface area contributed by atoms with Gasteiger partial charge in [0.15, 0.2) is 0 Å². The zero-order valence-corrected chi connectivity index (χ0v) is 11.0. The van der Waals surface area contributed by atoms with Crippen molar-refractivity contribution in [2.24, 2.45) is 0 Å². The highest BCUT2D eigenvalue weighted by Crippen LogP contribution is 2.25. The summed E-state index contributed by atoms with van der Waals surface area (Å²) in [4.78, 5) is 11.5. The number of aliphatic hydroxyl groups excluding tert-OH is 1. The van der Waals surface area contributed by atoms with Crippen LogP contribution in [-0.4, -0.2) is 24.0 Å². The van der Waals surface area contributed by atoms with Gasteiger partial charge in [0.1, 0.15) is 17.1 Å². The van der Waals surface area contributed by atoms with Crippen LogP contribution in [0.15, 0.2) is 18.2 Å². The molecule has 0 aliphatic rings. The Morgan fingerprint density at radius 3 is 2.50 bits per heavy atom. The summed E-state index contributed by atoms with van der Waals surface area (Å²) in [5, 5.41) is 9.20. The lowest BCUT2D eigenvalue weighted by Gasteiger charge is -2.19. The number of benzene rings is 1. The van der Waals surface area contributed by atoms with Crippen molar-refractivity contribution in [3.8, 4) is 11.5 Å². The number of hydrogen-bond donors (Lipinski definition) is 1. The minimum absolute atomic E-state index is 0.255. The van der Waals surface area contributed by atoms with E-state index in [1.807, 2.05) is 0 Å². The van der Waals surface area contributed by atoms with Gasteiger partial charge in [-0.1, -0.05) is 0 Å². The van der Waals surface area contributed by atoms with Crippen molar-refractivity contribution in [2.45, 2.75) is 33.0 Å². The standard InChI is InChI=1S/C13H18O5/c1-13(2,3)18-12(15)17-11-6-5-10(16-4)7-9(11)8-14/h5-7,14H,8H2,1-4H3. The fourth-order valence-electron chi connectivity index (χ4n) is 1.27. The molecule has 1 rings (SSSR count). The molecule has 0 amide bonds. The molecule has 0 aliphatic heterocycles. The summed E-state index contributed by atoms with van der Waals surface area (Å²) in [5.74, 6) is 0.836. The average molecular weight is 254 g/mol. The van der Waals surface area contributed by atoms with Gasteiger partial charge in [-0.3, -0.25) is 0 Å². The fraction of sp³-hybridized carbons (Fsp3) is 0.462. The topological polar surface area (TPSA) is 65.0 Å². The van der Waals surface area contributed by atoms with E-state index in [1.54, 1.807) is 39.0 Å². The molecule has 1 aromatic carbocycles. The number of ether oxygens (including phenoxy) is 3. The largest absolute Gasteiger partial charge is 0.514 e. The maximum Gasteiger partial charge on any atom is 0.514 e. The van der Waals surface area contributed by atoms with Gasteiger partial charge in [0.05, 0.1) is 13.7 Å². The Balaban J connectivity index is 2.81. The van der Waals surface area contributed by atoms with Crippen molar-refractivity contribution in [3.05, 3.63) is 23.8 Å². The van der Waals surface area contributed by atoms with Crippen LogP contribution in [0.4, 0.5) is 4.79 Å². The van der Waals surface area contributed by atoms with Crippen LogP contribution >= 0.6 is 0 Å².